The molecule has 1 heterocycles. The second-order valence-corrected chi connectivity index (χ2v) is 4.80. The van der Waals surface area contributed by atoms with E-state index in [1.54, 1.807) is 0 Å². The summed E-state index contributed by atoms with van der Waals surface area (Å²) in [5.41, 5.74) is 5.29. The van der Waals surface area contributed by atoms with Crippen molar-refractivity contribution in [1.82, 2.24) is 0 Å². The van der Waals surface area contributed by atoms with Crippen molar-refractivity contribution in [3.8, 4) is 0 Å². The summed E-state index contributed by atoms with van der Waals surface area (Å²) >= 11 is 0. The first-order valence-corrected chi connectivity index (χ1v) is 6.21. The van der Waals surface area contributed by atoms with Crippen LogP contribution >= 0.6 is 0 Å². The molecule has 19 heavy (non-hydrogen) atoms. The van der Waals surface area contributed by atoms with Crippen LogP contribution in [0.5, 0.6) is 0 Å². The zero-order valence-electron chi connectivity index (χ0n) is 10.9. The van der Waals surface area contributed by atoms with E-state index in [1.165, 1.54) is 5.56 Å². The standard InChI is InChI=1S/C16H14N2O/c1-10-3-6-12(7-4-10)17-15-13-9-11(2)5-8-14(13)18-16(15)19/h3-9H,1-2H3,(H,17,18,19). The van der Waals surface area contributed by atoms with Gasteiger partial charge in [0.05, 0.1) is 11.4 Å². The highest BCUT2D eigenvalue weighted by Gasteiger charge is 2.25. The highest BCUT2D eigenvalue weighted by molar-refractivity contribution is 6.54. The normalized spacial score (nSPS) is 15.5. The Morgan fingerprint density at radius 2 is 1.63 bits per heavy atom. The van der Waals surface area contributed by atoms with E-state index in [4.69, 9.17) is 0 Å². The van der Waals surface area contributed by atoms with Crippen LogP contribution in [0.1, 0.15) is 16.7 Å². The molecule has 0 bridgehead atoms. The van der Waals surface area contributed by atoms with Crippen molar-refractivity contribution in [2.24, 2.45) is 4.99 Å². The van der Waals surface area contributed by atoms with Crippen LogP contribution in [-0.4, -0.2) is 11.6 Å². The van der Waals surface area contributed by atoms with E-state index in [0.29, 0.717) is 5.71 Å². The first-order chi connectivity index (χ1) is 9.13. The van der Waals surface area contributed by atoms with Gasteiger partial charge in [0.15, 0.2) is 0 Å². The van der Waals surface area contributed by atoms with Crippen molar-refractivity contribution in [3.63, 3.8) is 0 Å². The van der Waals surface area contributed by atoms with E-state index in [0.717, 1.165) is 22.5 Å². The Balaban J connectivity index is 2.08. The Labute approximate surface area is 112 Å². The molecule has 2 aromatic carbocycles. The molecule has 2 aromatic rings. The molecule has 0 atom stereocenters. The summed E-state index contributed by atoms with van der Waals surface area (Å²) in [6.45, 7) is 4.03. The number of amides is 1. The molecule has 0 spiro atoms. The summed E-state index contributed by atoms with van der Waals surface area (Å²) in [5.74, 6) is -0.138. The molecule has 1 amide bonds. The van der Waals surface area contributed by atoms with Crippen LogP contribution < -0.4 is 5.32 Å². The van der Waals surface area contributed by atoms with Crippen LogP contribution in [-0.2, 0) is 4.79 Å². The number of hydrogen-bond donors (Lipinski definition) is 1. The molecule has 3 rings (SSSR count). The van der Waals surface area contributed by atoms with Gasteiger partial charge in [-0.05, 0) is 38.1 Å². The van der Waals surface area contributed by atoms with E-state index in [1.807, 2.05) is 56.3 Å². The summed E-state index contributed by atoms with van der Waals surface area (Å²) in [7, 11) is 0. The van der Waals surface area contributed by atoms with Crippen molar-refractivity contribution in [2.45, 2.75) is 13.8 Å². The van der Waals surface area contributed by atoms with Crippen molar-refractivity contribution in [2.75, 3.05) is 5.32 Å². The van der Waals surface area contributed by atoms with Crippen LogP contribution in [0.3, 0.4) is 0 Å². The highest BCUT2D eigenvalue weighted by Crippen LogP contribution is 2.26. The number of nitrogens with one attached hydrogen (secondary N) is 1. The number of anilines is 1. The third kappa shape index (κ3) is 2.15. The Hall–Kier alpha value is -2.42. The number of aliphatic imine (C=N–C) groups is 1. The molecule has 1 aliphatic rings. The quantitative estimate of drug-likeness (QED) is 0.828. The van der Waals surface area contributed by atoms with E-state index in [2.05, 4.69) is 10.3 Å². The largest absolute Gasteiger partial charge is 0.320 e. The minimum absolute atomic E-state index is 0.138. The van der Waals surface area contributed by atoms with Gasteiger partial charge in [-0.3, -0.25) is 4.79 Å². The fourth-order valence-electron chi connectivity index (χ4n) is 2.13. The van der Waals surface area contributed by atoms with E-state index in [9.17, 15) is 4.79 Å². The number of carbonyl (C=O) groups excluding carboxylic acids is 1. The lowest BCUT2D eigenvalue weighted by atomic mass is 10.1. The molecule has 1 N–H and O–H groups in total. The number of fused-ring (bicyclic) bond motifs is 1. The first-order valence-electron chi connectivity index (χ1n) is 6.21. The molecule has 3 nitrogen and oxygen atoms in total. The maximum atomic E-state index is 12.0. The Bertz CT molecular complexity index is 684. The average Bonchev–Trinajstić information content (AvgIpc) is 2.69. The number of nitrogens with zero attached hydrogens (tertiary/aromatic N) is 1. The summed E-state index contributed by atoms with van der Waals surface area (Å²) in [6.07, 6.45) is 0. The van der Waals surface area contributed by atoms with Crippen LogP contribution in [0.15, 0.2) is 47.5 Å². The van der Waals surface area contributed by atoms with E-state index in [-0.39, 0.29) is 5.91 Å². The fourth-order valence-corrected chi connectivity index (χ4v) is 2.13. The molecule has 94 valence electrons. The Morgan fingerprint density at radius 1 is 0.947 bits per heavy atom. The van der Waals surface area contributed by atoms with Gasteiger partial charge in [-0.25, -0.2) is 4.99 Å². The maximum absolute atomic E-state index is 12.0. The van der Waals surface area contributed by atoms with Crippen LogP contribution in [0.4, 0.5) is 11.4 Å². The van der Waals surface area contributed by atoms with Gasteiger partial charge in [0.25, 0.3) is 5.91 Å². The van der Waals surface area contributed by atoms with Gasteiger partial charge < -0.3 is 5.32 Å². The monoisotopic (exact) mass is 250 g/mol. The van der Waals surface area contributed by atoms with Crippen molar-refractivity contribution >= 4 is 23.0 Å². The van der Waals surface area contributed by atoms with E-state index >= 15 is 0 Å². The van der Waals surface area contributed by atoms with Crippen molar-refractivity contribution in [1.29, 1.82) is 0 Å². The minimum Gasteiger partial charge on any atom is -0.320 e. The fraction of sp³-hybridized carbons (Fsp3) is 0.125. The van der Waals surface area contributed by atoms with Crippen LogP contribution in [0.2, 0.25) is 0 Å². The van der Waals surface area contributed by atoms with Gasteiger partial charge >= 0.3 is 0 Å². The maximum Gasteiger partial charge on any atom is 0.275 e. The van der Waals surface area contributed by atoms with Gasteiger partial charge in [0.1, 0.15) is 5.71 Å². The molecule has 0 saturated carbocycles. The predicted molar refractivity (Wildman–Crippen MR) is 77.2 cm³/mol. The zero-order chi connectivity index (χ0) is 13.4. The number of rotatable bonds is 1. The molecular weight excluding hydrogens is 236 g/mol. The number of benzene rings is 2. The van der Waals surface area contributed by atoms with Gasteiger partial charge in [-0.1, -0.05) is 29.3 Å². The average molecular weight is 250 g/mol. The lowest BCUT2D eigenvalue weighted by Crippen LogP contribution is -2.13. The Kier molecular flexibility index (Phi) is 2.67. The molecule has 1 aliphatic heterocycles. The molecular formula is C16H14N2O. The molecule has 0 fully saturated rings. The SMILES string of the molecule is Cc1ccc(N=C2C(=O)Nc3ccc(C)cc32)cc1. The highest BCUT2D eigenvalue weighted by atomic mass is 16.2. The number of carbonyl (C=O) groups is 1. The second-order valence-electron chi connectivity index (χ2n) is 4.80. The minimum atomic E-state index is -0.138. The summed E-state index contributed by atoms with van der Waals surface area (Å²) < 4.78 is 0. The van der Waals surface area contributed by atoms with Crippen LogP contribution in [0, 0.1) is 13.8 Å². The van der Waals surface area contributed by atoms with Crippen molar-refractivity contribution < 1.29 is 4.79 Å². The predicted octanol–water partition coefficient (Wildman–Crippen LogP) is 3.38. The molecule has 0 radical (unpaired) electrons. The lowest BCUT2D eigenvalue weighted by molar-refractivity contribution is -0.110. The van der Waals surface area contributed by atoms with Gasteiger partial charge in [-0.2, -0.15) is 0 Å². The van der Waals surface area contributed by atoms with Gasteiger partial charge in [0.2, 0.25) is 0 Å². The third-order valence-corrected chi connectivity index (χ3v) is 3.17. The molecule has 0 aliphatic carbocycles. The summed E-state index contributed by atoms with van der Waals surface area (Å²) in [6, 6.07) is 13.7. The molecule has 0 unspecified atom stereocenters. The van der Waals surface area contributed by atoms with Gasteiger partial charge in [-0.15, -0.1) is 0 Å². The topological polar surface area (TPSA) is 41.5 Å². The van der Waals surface area contributed by atoms with Crippen molar-refractivity contribution in [3.05, 3.63) is 59.2 Å². The Morgan fingerprint density at radius 3 is 2.37 bits per heavy atom. The smallest absolute Gasteiger partial charge is 0.275 e. The van der Waals surface area contributed by atoms with Gasteiger partial charge in [0, 0.05) is 5.56 Å². The third-order valence-electron chi connectivity index (χ3n) is 3.17. The van der Waals surface area contributed by atoms with E-state index < -0.39 is 0 Å². The second kappa shape index (κ2) is 4.35. The molecule has 3 heteroatoms. The molecule has 0 saturated heterocycles. The molecule has 0 aromatic heterocycles. The number of hydrogen-bond acceptors (Lipinski definition) is 2. The number of aryl methyl sites for hydroxylation is 2. The lowest BCUT2D eigenvalue weighted by Gasteiger charge is -2.00. The summed E-state index contributed by atoms with van der Waals surface area (Å²) in [4.78, 5) is 16.4. The zero-order valence-corrected chi connectivity index (χ0v) is 10.9. The first kappa shape index (κ1) is 11.7. The summed E-state index contributed by atoms with van der Waals surface area (Å²) in [5, 5.41) is 2.84. The van der Waals surface area contributed by atoms with Crippen LogP contribution in [0.25, 0.3) is 0 Å².